The second-order valence-corrected chi connectivity index (χ2v) is 7.68. The summed E-state index contributed by atoms with van der Waals surface area (Å²) in [6.07, 6.45) is 4.30. The molecule has 1 saturated heterocycles. The van der Waals surface area contributed by atoms with E-state index in [0.717, 1.165) is 25.8 Å². The average Bonchev–Trinajstić information content (AvgIpc) is 2.45. The van der Waals surface area contributed by atoms with E-state index in [1.54, 1.807) is 22.6 Å². The Kier molecular flexibility index (Phi) is 5.22. The molecule has 118 valence electrons. The van der Waals surface area contributed by atoms with Gasteiger partial charge in [0, 0.05) is 25.3 Å². The molecule has 1 aliphatic heterocycles. The first kappa shape index (κ1) is 16.2. The van der Waals surface area contributed by atoms with Crippen LogP contribution < -0.4 is 5.32 Å². The van der Waals surface area contributed by atoms with Gasteiger partial charge in [0.15, 0.2) is 5.03 Å². The summed E-state index contributed by atoms with van der Waals surface area (Å²) in [5.41, 5.74) is 0.602. The molecule has 1 N–H and O–H groups in total. The molecule has 21 heavy (non-hydrogen) atoms. The van der Waals surface area contributed by atoms with Gasteiger partial charge in [-0.25, -0.2) is 13.4 Å². The van der Waals surface area contributed by atoms with Gasteiger partial charge < -0.3 is 5.32 Å². The molecule has 1 fully saturated rings. The first-order chi connectivity index (χ1) is 9.96. The molecule has 0 aliphatic carbocycles. The predicted molar refractivity (Wildman–Crippen MR) is 84.8 cm³/mol. The molecule has 0 amide bonds. The van der Waals surface area contributed by atoms with Crippen molar-refractivity contribution >= 4 is 15.7 Å². The van der Waals surface area contributed by atoms with Crippen LogP contribution in [-0.4, -0.2) is 36.8 Å². The van der Waals surface area contributed by atoms with E-state index in [2.05, 4.69) is 17.2 Å². The van der Waals surface area contributed by atoms with Crippen LogP contribution in [0.25, 0.3) is 0 Å². The summed E-state index contributed by atoms with van der Waals surface area (Å²) in [5, 5.41) is 3.32. The molecule has 0 radical (unpaired) electrons. The van der Waals surface area contributed by atoms with Crippen molar-refractivity contribution in [3.05, 3.63) is 18.3 Å². The maximum Gasteiger partial charge on any atom is 0.262 e. The van der Waals surface area contributed by atoms with Gasteiger partial charge in [-0.1, -0.05) is 13.8 Å². The Bertz CT molecular complexity index is 574. The van der Waals surface area contributed by atoms with Gasteiger partial charge in [-0.15, -0.1) is 0 Å². The number of hydrogen-bond acceptors (Lipinski definition) is 4. The second kappa shape index (κ2) is 6.75. The number of nitrogens with zero attached hydrogens (tertiary/aromatic N) is 2. The minimum absolute atomic E-state index is 0.0276. The van der Waals surface area contributed by atoms with E-state index in [4.69, 9.17) is 0 Å². The highest BCUT2D eigenvalue weighted by Gasteiger charge is 2.35. The van der Waals surface area contributed by atoms with Crippen molar-refractivity contribution in [1.29, 1.82) is 0 Å². The number of sulfonamides is 1. The number of pyridine rings is 1. The van der Waals surface area contributed by atoms with Crippen molar-refractivity contribution in [2.45, 2.75) is 51.1 Å². The Morgan fingerprint density at radius 3 is 2.86 bits per heavy atom. The summed E-state index contributed by atoms with van der Waals surface area (Å²) in [4.78, 5) is 4.14. The maximum atomic E-state index is 12.9. The van der Waals surface area contributed by atoms with E-state index in [9.17, 15) is 8.42 Å². The van der Waals surface area contributed by atoms with E-state index in [1.807, 2.05) is 13.8 Å². The molecule has 0 bridgehead atoms. The van der Waals surface area contributed by atoms with Gasteiger partial charge in [0.25, 0.3) is 10.0 Å². The van der Waals surface area contributed by atoms with Gasteiger partial charge >= 0.3 is 0 Å². The quantitative estimate of drug-likeness (QED) is 0.908. The highest BCUT2D eigenvalue weighted by Crippen LogP contribution is 2.30. The Morgan fingerprint density at radius 2 is 2.19 bits per heavy atom. The molecule has 5 nitrogen and oxygen atoms in total. The van der Waals surface area contributed by atoms with Gasteiger partial charge in [0.1, 0.15) is 0 Å². The minimum atomic E-state index is -3.54. The van der Waals surface area contributed by atoms with Crippen molar-refractivity contribution in [2.24, 2.45) is 5.92 Å². The highest BCUT2D eigenvalue weighted by atomic mass is 32.2. The van der Waals surface area contributed by atoms with E-state index in [0.29, 0.717) is 18.2 Å². The topological polar surface area (TPSA) is 62.3 Å². The highest BCUT2D eigenvalue weighted by molar-refractivity contribution is 7.89. The number of hydrogen-bond donors (Lipinski definition) is 1. The van der Waals surface area contributed by atoms with E-state index in [1.165, 1.54) is 0 Å². The van der Waals surface area contributed by atoms with Crippen molar-refractivity contribution < 1.29 is 8.42 Å². The van der Waals surface area contributed by atoms with Crippen LogP contribution in [0.3, 0.4) is 0 Å². The van der Waals surface area contributed by atoms with Crippen LogP contribution >= 0.6 is 0 Å². The van der Waals surface area contributed by atoms with Gasteiger partial charge in [0.05, 0.1) is 5.69 Å². The molecule has 0 saturated carbocycles. The zero-order valence-corrected chi connectivity index (χ0v) is 13.9. The first-order valence-corrected chi connectivity index (χ1v) is 9.11. The molecule has 1 aliphatic rings. The van der Waals surface area contributed by atoms with E-state index >= 15 is 0 Å². The first-order valence-electron chi connectivity index (χ1n) is 7.67. The zero-order valence-electron chi connectivity index (χ0n) is 13.0. The lowest BCUT2D eigenvalue weighted by molar-refractivity contribution is 0.219. The third-order valence-electron chi connectivity index (χ3n) is 3.97. The van der Waals surface area contributed by atoms with Crippen LogP contribution in [0.15, 0.2) is 23.4 Å². The SMILES string of the molecule is CCCNc1cccnc1S(=O)(=O)N1CCC(C)CC1C. The van der Waals surface area contributed by atoms with Crippen LogP contribution in [-0.2, 0) is 10.0 Å². The second-order valence-electron chi connectivity index (χ2n) is 5.88. The fourth-order valence-corrected chi connectivity index (χ4v) is 4.58. The van der Waals surface area contributed by atoms with E-state index in [-0.39, 0.29) is 11.1 Å². The molecule has 1 aromatic heterocycles. The van der Waals surface area contributed by atoms with Gasteiger partial charge in [-0.2, -0.15) is 4.31 Å². The lowest BCUT2D eigenvalue weighted by atomic mass is 9.95. The van der Waals surface area contributed by atoms with Crippen LogP contribution in [0, 0.1) is 5.92 Å². The minimum Gasteiger partial charge on any atom is -0.383 e. The summed E-state index contributed by atoms with van der Waals surface area (Å²) >= 11 is 0. The largest absolute Gasteiger partial charge is 0.383 e. The van der Waals surface area contributed by atoms with Crippen LogP contribution in [0.4, 0.5) is 5.69 Å². The van der Waals surface area contributed by atoms with Crippen molar-refractivity contribution in [2.75, 3.05) is 18.4 Å². The molecule has 2 heterocycles. The van der Waals surface area contributed by atoms with E-state index < -0.39 is 10.0 Å². The third kappa shape index (κ3) is 3.55. The molecular weight excluding hydrogens is 286 g/mol. The fraction of sp³-hybridized carbons (Fsp3) is 0.667. The molecular formula is C15H25N3O2S. The molecule has 6 heteroatoms. The lowest BCUT2D eigenvalue weighted by Crippen LogP contribution is -2.44. The average molecular weight is 311 g/mol. The summed E-state index contributed by atoms with van der Waals surface area (Å²) in [5.74, 6) is 0.577. The Morgan fingerprint density at radius 1 is 1.43 bits per heavy atom. The molecule has 2 unspecified atom stereocenters. The summed E-state index contributed by atoms with van der Waals surface area (Å²) in [6.45, 7) is 7.52. The summed E-state index contributed by atoms with van der Waals surface area (Å²) in [6, 6.07) is 3.57. The van der Waals surface area contributed by atoms with Crippen LogP contribution in [0.1, 0.15) is 40.0 Å². The maximum absolute atomic E-state index is 12.9. The van der Waals surface area contributed by atoms with Crippen LogP contribution in [0.5, 0.6) is 0 Å². The smallest absolute Gasteiger partial charge is 0.262 e. The third-order valence-corrected chi connectivity index (χ3v) is 5.94. The molecule has 0 aromatic carbocycles. The fourth-order valence-electron chi connectivity index (χ4n) is 2.84. The molecule has 0 spiro atoms. The van der Waals surface area contributed by atoms with Gasteiger partial charge in [-0.05, 0) is 44.2 Å². The predicted octanol–water partition coefficient (Wildman–Crippen LogP) is 2.71. The number of nitrogens with one attached hydrogen (secondary N) is 1. The van der Waals surface area contributed by atoms with Gasteiger partial charge in [-0.3, -0.25) is 0 Å². The Hall–Kier alpha value is -1.14. The number of piperidine rings is 1. The number of rotatable bonds is 5. The standard InChI is InChI=1S/C15H25N3O2S/c1-4-8-16-14-6-5-9-17-15(14)21(19,20)18-10-7-12(2)11-13(18)3/h5-6,9,12-13,16H,4,7-8,10-11H2,1-3H3. The number of aromatic nitrogens is 1. The van der Waals surface area contributed by atoms with Crippen LogP contribution in [0.2, 0.25) is 0 Å². The molecule has 2 rings (SSSR count). The monoisotopic (exact) mass is 311 g/mol. The van der Waals surface area contributed by atoms with Gasteiger partial charge in [0.2, 0.25) is 0 Å². The summed E-state index contributed by atoms with van der Waals surface area (Å²) in [7, 11) is -3.54. The summed E-state index contributed by atoms with van der Waals surface area (Å²) < 4.78 is 27.4. The van der Waals surface area contributed by atoms with Crippen molar-refractivity contribution in [1.82, 2.24) is 9.29 Å². The molecule has 2 atom stereocenters. The zero-order chi connectivity index (χ0) is 15.5. The van der Waals surface area contributed by atoms with Crippen molar-refractivity contribution in [3.63, 3.8) is 0 Å². The normalized spacial score (nSPS) is 24.0. The van der Waals surface area contributed by atoms with Crippen molar-refractivity contribution in [3.8, 4) is 0 Å². The Balaban J connectivity index is 2.31. The number of anilines is 1. The molecule has 1 aromatic rings. The Labute approximate surface area is 127 Å². The lowest BCUT2D eigenvalue weighted by Gasteiger charge is -2.35.